The first kappa shape index (κ1) is 13.9. The number of rotatable bonds is 2. The van der Waals surface area contributed by atoms with Gasteiger partial charge in [-0.3, -0.25) is 0 Å². The van der Waals surface area contributed by atoms with Gasteiger partial charge in [0.15, 0.2) is 0 Å². The summed E-state index contributed by atoms with van der Waals surface area (Å²) in [5, 5.41) is 11.3. The average molecular weight is 278 g/mol. The Kier molecular flexibility index (Phi) is 4.45. The van der Waals surface area contributed by atoms with Gasteiger partial charge in [0, 0.05) is 17.0 Å². The van der Waals surface area contributed by atoms with Crippen molar-refractivity contribution in [2.45, 2.75) is 6.04 Å². The van der Waals surface area contributed by atoms with Crippen LogP contribution in [0.5, 0.6) is 5.75 Å². The van der Waals surface area contributed by atoms with E-state index in [1.807, 2.05) is 0 Å². The normalized spacial score (nSPS) is 11.9. The van der Waals surface area contributed by atoms with Gasteiger partial charge in [-0.2, -0.15) is 0 Å². The molecule has 0 unspecified atom stereocenters. The van der Waals surface area contributed by atoms with E-state index in [1.54, 1.807) is 17.5 Å². The SMILES string of the molecule is Cl.N[C@@H](c1cccs1)c1c(O)cc(F)cc1F. The van der Waals surface area contributed by atoms with Crippen molar-refractivity contribution in [3.05, 3.63) is 51.7 Å². The molecule has 2 nitrogen and oxygen atoms in total. The molecule has 0 fully saturated rings. The van der Waals surface area contributed by atoms with Gasteiger partial charge in [-0.05, 0) is 11.4 Å². The Morgan fingerprint density at radius 2 is 2.00 bits per heavy atom. The van der Waals surface area contributed by atoms with Crippen molar-refractivity contribution in [1.82, 2.24) is 0 Å². The lowest BCUT2D eigenvalue weighted by atomic mass is 10.0. The maximum absolute atomic E-state index is 13.5. The van der Waals surface area contributed by atoms with E-state index in [2.05, 4.69) is 0 Å². The minimum Gasteiger partial charge on any atom is -0.507 e. The highest BCUT2D eigenvalue weighted by molar-refractivity contribution is 7.10. The molecule has 1 aromatic heterocycles. The first-order chi connectivity index (χ1) is 7.59. The zero-order chi connectivity index (χ0) is 11.7. The largest absolute Gasteiger partial charge is 0.507 e. The molecule has 0 aliphatic carbocycles. The van der Waals surface area contributed by atoms with Crippen LogP contribution in [0.4, 0.5) is 8.78 Å². The molecule has 17 heavy (non-hydrogen) atoms. The molecule has 0 bridgehead atoms. The minimum atomic E-state index is -0.835. The number of nitrogens with two attached hydrogens (primary N) is 1. The summed E-state index contributed by atoms with van der Waals surface area (Å²) in [6.45, 7) is 0. The monoisotopic (exact) mass is 277 g/mol. The number of hydrogen-bond acceptors (Lipinski definition) is 3. The molecule has 0 aliphatic rings. The quantitative estimate of drug-likeness (QED) is 0.885. The molecule has 3 N–H and O–H groups in total. The smallest absolute Gasteiger partial charge is 0.134 e. The van der Waals surface area contributed by atoms with Gasteiger partial charge in [-0.1, -0.05) is 6.07 Å². The highest BCUT2D eigenvalue weighted by atomic mass is 35.5. The maximum atomic E-state index is 13.5. The van der Waals surface area contributed by atoms with Crippen molar-refractivity contribution >= 4 is 23.7 Å². The Bertz CT molecular complexity index is 481. The van der Waals surface area contributed by atoms with Gasteiger partial charge in [0.1, 0.15) is 17.4 Å². The van der Waals surface area contributed by atoms with E-state index in [9.17, 15) is 13.9 Å². The van der Waals surface area contributed by atoms with Crippen LogP contribution < -0.4 is 5.73 Å². The van der Waals surface area contributed by atoms with Crippen LogP contribution >= 0.6 is 23.7 Å². The number of phenolic OH excluding ortho intramolecular Hbond substituents is 1. The highest BCUT2D eigenvalue weighted by Crippen LogP contribution is 2.32. The van der Waals surface area contributed by atoms with Gasteiger partial charge in [-0.15, -0.1) is 23.7 Å². The number of benzene rings is 1. The van der Waals surface area contributed by atoms with Crippen LogP contribution in [0, 0.1) is 11.6 Å². The van der Waals surface area contributed by atoms with Crippen molar-refractivity contribution in [3.8, 4) is 5.75 Å². The summed E-state index contributed by atoms with van der Waals surface area (Å²) in [4.78, 5) is 0.709. The van der Waals surface area contributed by atoms with Gasteiger partial charge in [0.2, 0.25) is 0 Å². The summed E-state index contributed by atoms with van der Waals surface area (Å²) < 4.78 is 26.3. The Morgan fingerprint density at radius 1 is 1.29 bits per heavy atom. The van der Waals surface area contributed by atoms with Crippen molar-refractivity contribution in [2.75, 3.05) is 0 Å². The molecule has 0 radical (unpaired) electrons. The van der Waals surface area contributed by atoms with Crippen molar-refractivity contribution in [1.29, 1.82) is 0 Å². The van der Waals surface area contributed by atoms with E-state index < -0.39 is 23.4 Å². The van der Waals surface area contributed by atoms with Crippen molar-refractivity contribution in [2.24, 2.45) is 5.73 Å². The molecule has 6 heteroatoms. The van der Waals surface area contributed by atoms with Crippen molar-refractivity contribution < 1.29 is 13.9 Å². The predicted octanol–water partition coefficient (Wildman–Crippen LogP) is 3.20. The first-order valence-electron chi connectivity index (χ1n) is 4.56. The zero-order valence-electron chi connectivity index (χ0n) is 8.56. The summed E-state index contributed by atoms with van der Waals surface area (Å²) in [5.74, 6) is -2.12. The average Bonchev–Trinajstić information content (AvgIpc) is 2.67. The molecule has 0 saturated heterocycles. The Hall–Kier alpha value is -1.17. The van der Waals surface area contributed by atoms with E-state index >= 15 is 0 Å². The van der Waals surface area contributed by atoms with Crippen LogP contribution in [0.1, 0.15) is 16.5 Å². The molecule has 0 aliphatic heterocycles. The van der Waals surface area contributed by atoms with Crippen LogP contribution in [0.2, 0.25) is 0 Å². The number of phenols is 1. The second-order valence-electron chi connectivity index (χ2n) is 3.31. The molecule has 0 amide bonds. The summed E-state index contributed by atoms with van der Waals surface area (Å²) in [5.41, 5.74) is 5.72. The highest BCUT2D eigenvalue weighted by Gasteiger charge is 2.19. The standard InChI is InChI=1S/C11H9F2NOS.ClH/c12-6-4-7(13)10(8(15)5-6)11(14)9-2-1-3-16-9;/h1-5,11,15H,14H2;1H/t11-;/m0./s1. The van der Waals surface area contributed by atoms with E-state index in [0.717, 1.165) is 6.07 Å². The van der Waals surface area contributed by atoms with Crippen LogP contribution in [-0.4, -0.2) is 5.11 Å². The number of thiophene rings is 1. The second kappa shape index (κ2) is 5.44. The molecule has 92 valence electrons. The molecular formula is C11H10ClF2NOS. The number of hydrogen-bond donors (Lipinski definition) is 2. The molecule has 2 rings (SSSR count). The fraction of sp³-hybridized carbons (Fsp3) is 0.0909. The lowest BCUT2D eigenvalue weighted by Crippen LogP contribution is -2.12. The van der Waals surface area contributed by atoms with Gasteiger partial charge < -0.3 is 10.8 Å². The van der Waals surface area contributed by atoms with Gasteiger partial charge >= 0.3 is 0 Å². The fourth-order valence-corrected chi connectivity index (χ4v) is 2.23. The number of halogens is 3. The topological polar surface area (TPSA) is 46.2 Å². The Morgan fingerprint density at radius 3 is 2.53 bits per heavy atom. The van der Waals surface area contributed by atoms with Gasteiger partial charge in [0.25, 0.3) is 0 Å². The van der Waals surface area contributed by atoms with E-state index in [4.69, 9.17) is 5.73 Å². The maximum Gasteiger partial charge on any atom is 0.134 e. The third-order valence-corrected chi connectivity index (χ3v) is 3.19. The molecular weight excluding hydrogens is 268 g/mol. The molecule has 1 atom stereocenters. The Balaban J connectivity index is 0.00000144. The third-order valence-electron chi connectivity index (χ3n) is 2.23. The van der Waals surface area contributed by atoms with E-state index in [-0.39, 0.29) is 18.0 Å². The molecule has 1 aromatic carbocycles. The van der Waals surface area contributed by atoms with Crippen LogP contribution in [0.25, 0.3) is 0 Å². The van der Waals surface area contributed by atoms with E-state index in [0.29, 0.717) is 10.9 Å². The summed E-state index contributed by atoms with van der Waals surface area (Å²) in [6.07, 6.45) is 0. The first-order valence-corrected chi connectivity index (χ1v) is 5.44. The summed E-state index contributed by atoms with van der Waals surface area (Å²) >= 11 is 1.35. The summed E-state index contributed by atoms with van der Waals surface area (Å²) in [7, 11) is 0. The number of aromatic hydroxyl groups is 1. The van der Waals surface area contributed by atoms with Gasteiger partial charge in [-0.25, -0.2) is 8.78 Å². The Labute approximate surface area is 107 Å². The molecule has 0 spiro atoms. The van der Waals surface area contributed by atoms with Crippen molar-refractivity contribution in [3.63, 3.8) is 0 Å². The van der Waals surface area contributed by atoms with Crippen LogP contribution in [0.15, 0.2) is 29.6 Å². The molecule has 0 saturated carbocycles. The predicted molar refractivity (Wildman–Crippen MR) is 65.6 cm³/mol. The van der Waals surface area contributed by atoms with E-state index in [1.165, 1.54) is 11.3 Å². The lowest BCUT2D eigenvalue weighted by Gasteiger charge is -2.13. The third kappa shape index (κ3) is 2.74. The zero-order valence-corrected chi connectivity index (χ0v) is 10.2. The van der Waals surface area contributed by atoms with Crippen LogP contribution in [0.3, 0.4) is 0 Å². The van der Waals surface area contributed by atoms with Crippen LogP contribution in [-0.2, 0) is 0 Å². The second-order valence-corrected chi connectivity index (χ2v) is 4.29. The summed E-state index contributed by atoms with van der Waals surface area (Å²) in [6, 6.07) is 4.30. The minimum absolute atomic E-state index is 0. The van der Waals surface area contributed by atoms with Gasteiger partial charge in [0.05, 0.1) is 11.6 Å². The fourth-order valence-electron chi connectivity index (χ4n) is 1.49. The lowest BCUT2D eigenvalue weighted by molar-refractivity contribution is 0.446. The molecule has 2 aromatic rings. The molecule has 1 heterocycles.